The van der Waals surface area contributed by atoms with Crippen LogP contribution in [0.1, 0.15) is 37.0 Å². The Morgan fingerprint density at radius 3 is 2.48 bits per heavy atom. The molecule has 1 aliphatic rings. The molecule has 0 spiro atoms. The molecule has 7 nitrogen and oxygen atoms in total. The van der Waals surface area contributed by atoms with Crippen molar-refractivity contribution in [2.75, 3.05) is 18.1 Å². The number of phenols is 1. The minimum absolute atomic E-state index is 0.0185. The normalized spacial score (nSPS) is 19.0. The summed E-state index contributed by atoms with van der Waals surface area (Å²) in [7, 11) is -3.15. The van der Waals surface area contributed by atoms with Crippen molar-refractivity contribution in [1.82, 2.24) is 4.90 Å². The molecule has 1 aliphatic heterocycles. The third-order valence-electron chi connectivity index (χ3n) is 5.37. The van der Waals surface area contributed by atoms with Crippen LogP contribution in [0, 0.1) is 0 Å². The van der Waals surface area contributed by atoms with Gasteiger partial charge in [0.15, 0.2) is 16.4 Å². The maximum Gasteiger partial charge on any atom is 0.342 e. The lowest BCUT2D eigenvalue weighted by Gasteiger charge is -2.33. The van der Waals surface area contributed by atoms with Crippen molar-refractivity contribution in [2.24, 2.45) is 0 Å². The molecule has 1 fully saturated rings. The Morgan fingerprint density at radius 1 is 1.24 bits per heavy atom. The molecule has 0 saturated carbocycles. The van der Waals surface area contributed by atoms with Gasteiger partial charge in [-0.3, -0.25) is 4.79 Å². The van der Waals surface area contributed by atoms with E-state index in [1.807, 2.05) is 38.1 Å². The van der Waals surface area contributed by atoms with Gasteiger partial charge in [-0.1, -0.05) is 31.2 Å². The van der Waals surface area contributed by atoms with Gasteiger partial charge >= 0.3 is 5.97 Å². The highest BCUT2D eigenvalue weighted by atomic mass is 32.2. The Bertz CT molecular complexity index is 1030. The first kappa shape index (κ1) is 21.1. The second-order valence-electron chi connectivity index (χ2n) is 7.41. The van der Waals surface area contributed by atoms with Gasteiger partial charge in [0, 0.05) is 12.1 Å². The predicted molar refractivity (Wildman–Crippen MR) is 110 cm³/mol. The van der Waals surface area contributed by atoms with E-state index in [2.05, 4.69) is 0 Å². The van der Waals surface area contributed by atoms with Crippen molar-refractivity contribution in [2.45, 2.75) is 38.8 Å². The van der Waals surface area contributed by atoms with E-state index >= 15 is 0 Å². The summed E-state index contributed by atoms with van der Waals surface area (Å²) >= 11 is 0. The van der Waals surface area contributed by atoms with Crippen LogP contribution in [0.5, 0.6) is 5.75 Å². The number of esters is 1. The summed E-state index contributed by atoms with van der Waals surface area (Å²) in [5, 5.41) is 11.7. The van der Waals surface area contributed by atoms with E-state index in [4.69, 9.17) is 4.74 Å². The summed E-state index contributed by atoms with van der Waals surface area (Å²) in [4.78, 5) is 26.7. The molecule has 1 amide bonds. The Balaban J connectivity index is 1.72. The second kappa shape index (κ2) is 8.41. The van der Waals surface area contributed by atoms with Gasteiger partial charge in [-0.2, -0.15) is 0 Å². The van der Waals surface area contributed by atoms with Gasteiger partial charge in [0.05, 0.1) is 11.5 Å². The standard InChI is InChI=1S/C21H25NO6S/c1-3-14(2)22(17-8-9-29(26,27)13-17)20(24)12-28-21(25)18-10-15-6-4-5-7-16(15)11-19(18)23/h4-7,10-11,14,17,23H,3,8-9,12-13H2,1-2H3/t14-,17+/m1/s1. The molecule has 0 aromatic heterocycles. The molecular weight excluding hydrogens is 394 g/mol. The van der Waals surface area contributed by atoms with E-state index in [0.717, 1.165) is 10.8 Å². The Labute approximate surface area is 170 Å². The van der Waals surface area contributed by atoms with Crippen LogP contribution in [0.4, 0.5) is 0 Å². The minimum Gasteiger partial charge on any atom is -0.507 e. The summed E-state index contributed by atoms with van der Waals surface area (Å²) in [6, 6.07) is 9.68. The number of amides is 1. The van der Waals surface area contributed by atoms with Crippen LogP contribution in [0.3, 0.4) is 0 Å². The van der Waals surface area contributed by atoms with E-state index in [-0.39, 0.29) is 28.9 Å². The summed E-state index contributed by atoms with van der Waals surface area (Å²) in [6.07, 6.45) is 1.04. The molecule has 0 radical (unpaired) electrons. The maximum atomic E-state index is 12.8. The molecule has 0 unspecified atom stereocenters. The summed E-state index contributed by atoms with van der Waals surface area (Å²) in [6.45, 7) is 3.25. The van der Waals surface area contributed by atoms with Gasteiger partial charge in [-0.15, -0.1) is 0 Å². The van der Waals surface area contributed by atoms with Crippen LogP contribution in [-0.2, 0) is 19.4 Å². The number of ether oxygens (including phenoxy) is 1. The van der Waals surface area contributed by atoms with Gasteiger partial charge in [0.25, 0.3) is 5.91 Å². The van der Waals surface area contributed by atoms with Crippen LogP contribution in [-0.4, -0.2) is 60.5 Å². The molecule has 3 rings (SSSR count). The van der Waals surface area contributed by atoms with E-state index in [0.29, 0.717) is 12.8 Å². The van der Waals surface area contributed by atoms with Crippen molar-refractivity contribution in [3.8, 4) is 5.75 Å². The number of benzene rings is 2. The molecule has 1 saturated heterocycles. The Hall–Kier alpha value is -2.61. The van der Waals surface area contributed by atoms with Crippen molar-refractivity contribution in [3.63, 3.8) is 0 Å². The molecule has 1 heterocycles. The highest BCUT2D eigenvalue weighted by molar-refractivity contribution is 7.91. The van der Waals surface area contributed by atoms with E-state index < -0.39 is 34.4 Å². The fraction of sp³-hybridized carbons (Fsp3) is 0.429. The largest absolute Gasteiger partial charge is 0.507 e. The molecule has 2 aromatic carbocycles. The number of carbonyl (C=O) groups excluding carboxylic acids is 2. The number of aromatic hydroxyl groups is 1. The zero-order valence-corrected chi connectivity index (χ0v) is 17.3. The molecule has 156 valence electrons. The van der Waals surface area contributed by atoms with Gasteiger partial charge in [0.1, 0.15) is 11.3 Å². The Morgan fingerprint density at radius 2 is 1.90 bits per heavy atom. The number of rotatable bonds is 6. The van der Waals surface area contributed by atoms with Crippen LogP contribution in [0.2, 0.25) is 0 Å². The number of phenolic OH excluding ortho intramolecular Hbond substituents is 1. The average molecular weight is 419 g/mol. The monoisotopic (exact) mass is 419 g/mol. The molecule has 8 heteroatoms. The summed E-state index contributed by atoms with van der Waals surface area (Å²) in [5.74, 6) is -1.47. The van der Waals surface area contributed by atoms with E-state index in [1.54, 1.807) is 0 Å². The Kier molecular flexibility index (Phi) is 6.12. The first-order chi connectivity index (χ1) is 13.7. The maximum absolute atomic E-state index is 12.8. The lowest BCUT2D eigenvalue weighted by Crippen LogP contribution is -2.48. The van der Waals surface area contributed by atoms with Gasteiger partial charge in [-0.05, 0) is 42.7 Å². The number of carbonyl (C=O) groups is 2. The third kappa shape index (κ3) is 4.70. The highest BCUT2D eigenvalue weighted by Gasteiger charge is 2.36. The number of fused-ring (bicyclic) bond motifs is 1. The van der Waals surface area contributed by atoms with Crippen LogP contribution in [0.15, 0.2) is 36.4 Å². The summed E-state index contributed by atoms with van der Waals surface area (Å²) in [5.41, 5.74) is -0.0185. The average Bonchev–Trinajstić information content (AvgIpc) is 3.04. The quantitative estimate of drug-likeness (QED) is 0.722. The van der Waals surface area contributed by atoms with Crippen LogP contribution in [0.25, 0.3) is 10.8 Å². The molecule has 0 bridgehead atoms. The lowest BCUT2D eigenvalue weighted by molar-refractivity contribution is -0.138. The minimum atomic E-state index is -3.15. The highest BCUT2D eigenvalue weighted by Crippen LogP contribution is 2.26. The fourth-order valence-corrected chi connectivity index (χ4v) is 5.38. The number of sulfone groups is 1. The second-order valence-corrected chi connectivity index (χ2v) is 9.64. The van der Waals surface area contributed by atoms with Gasteiger partial charge < -0.3 is 14.7 Å². The summed E-state index contributed by atoms with van der Waals surface area (Å²) < 4.78 is 28.8. The SMILES string of the molecule is CC[C@@H](C)N(C(=O)COC(=O)c1cc2ccccc2cc1O)[C@H]1CCS(=O)(=O)C1. The predicted octanol–water partition coefficient (Wildman–Crippen LogP) is 2.52. The van der Waals surface area contributed by atoms with Gasteiger partial charge in [-0.25, -0.2) is 13.2 Å². The van der Waals surface area contributed by atoms with Crippen molar-refractivity contribution in [3.05, 3.63) is 42.0 Å². The van der Waals surface area contributed by atoms with E-state index in [9.17, 15) is 23.1 Å². The first-order valence-electron chi connectivity index (χ1n) is 9.62. The number of hydrogen-bond donors (Lipinski definition) is 1. The molecule has 29 heavy (non-hydrogen) atoms. The topological polar surface area (TPSA) is 101 Å². The third-order valence-corrected chi connectivity index (χ3v) is 7.12. The smallest absolute Gasteiger partial charge is 0.342 e. The van der Waals surface area contributed by atoms with Crippen molar-refractivity contribution >= 4 is 32.5 Å². The van der Waals surface area contributed by atoms with Gasteiger partial charge in [0.2, 0.25) is 0 Å². The molecule has 2 aromatic rings. The number of hydrogen-bond acceptors (Lipinski definition) is 6. The fourth-order valence-electron chi connectivity index (χ4n) is 3.67. The molecule has 2 atom stereocenters. The lowest BCUT2D eigenvalue weighted by atomic mass is 10.1. The molecule has 1 N–H and O–H groups in total. The molecular formula is C21H25NO6S. The first-order valence-corrected chi connectivity index (χ1v) is 11.4. The van der Waals surface area contributed by atoms with Crippen LogP contribution < -0.4 is 0 Å². The zero-order valence-electron chi connectivity index (χ0n) is 16.5. The van der Waals surface area contributed by atoms with E-state index in [1.165, 1.54) is 17.0 Å². The molecule has 0 aliphatic carbocycles. The van der Waals surface area contributed by atoms with Crippen molar-refractivity contribution < 1.29 is 27.9 Å². The van der Waals surface area contributed by atoms with Crippen LogP contribution >= 0.6 is 0 Å². The number of nitrogens with zero attached hydrogens (tertiary/aromatic N) is 1. The van der Waals surface area contributed by atoms with Crippen molar-refractivity contribution in [1.29, 1.82) is 0 Å². The zero-order chi connectivity index (χ0) is 21.2.